The highest BCUT2D eigenvalue weighted by Crippen LogP contribution is 2.25. The Morgan fingerprint density at radius 1 is 1.23 bits per heavy atom. The highest BCUT2D eigenvalue weighted by atomic mass is 16.6. The van der Waals surface area contributed by atoms with E-state index >= 15 is 0 Å². The van der Waals surface area contributed by atoms with E-state index in [1.165, 1.54) is 23.8 Å². The van der Waals surface area contributed by atoms with E-state index in [-0.39, 0.29) is 6.03 Å². The highest BCUT2D eigenvalue weighted by molar-refractivity contribution is 5.73. The number of piperidine rings is 1. The smallest absolute Gasteiger partial charge is 0.323 e. The van der Waals surface area contributed by atoms with Crippen molar-refractivity contribution < 1.29 is 9.63 Å². The van der Waals surface area contributed by atoms with Gasteiger partial charge >= 0.3 is 6.03 Å². The lowest BCUT2D eigenvalue weighted by Crippen LogP contribution is -2.49. The Morgan fingerprint density at radius 3 is 2.58 bits per heavy atom. The van der Waals surface area contributed by atoms with Crippen LogP contribution in [0.4, 0.5) is 4.79 Å². The number of rotatable bonds is 7. The van der Waals surface area contributed by atoms with E-state index < -0.39 is 0 Å². The molecule has 0 spiro atoms. The number of amides is 2. The number of hydrogen-bond acceptors (Lipinski definition) is 5. The summed E-state index contributed by atoms with van der Waals surface area (Å²) >= 11 is 0. The largest absolute Gasteiger partial charge is 0.341 e. The van der Waals surface area contributed by atoms with Crippen molar-refractivity contribution in [1.82, 2.24) is 25.2 Å². The van der Waals surface area contributed by atoms with Crippen molar-refractivity contribution in [3.63, 3.8) is 0 Å². The molecule has 0 aromatic carbocycles. The third-order valence-corrected chi connectivity index (χ3v) is 6.03. The third kappa shape index (κ3) is 6.02. The fourth-order valence-electron chi connectivity index (χ4n) is 4.30. The summed E-state index contributed by atoms with van der Waals surface area (Å²) in [5.74, 6) is 0.421. The number of likely N-dealkylation sites (tertiary alicyclic amines) is 1. The van der Waals surface area contributed by atoms with E-state index in [0.717, 1.165) is 37.3 Å². The van der Waals surface area contributed by atoms with Crippen LogP contribution in [-0.2, 0) is 17.9 Å². The number of aromatic nitrogens is 2. The number of hydroxylamine groups is 1. The average molecular weight is 426 g/mol. The number of carbonyl (C=O) groups excluding carboxylic acids is 1. The number of urea groups is 1. The van der Waals surface area contributed by atoms with Gasteiger partial charge in [0.1, 0.15) is 0 Å². The molecule has 0 aliphatic carbocycles. The molecule has 0 bridgehead atoms. The molecule has 0 atom stereocenters. The van der Waals surface area contributed by atoms with Crippen LogP contribution in [0, 0.1) is 13.8 Å². The van der Waals surface area contributed by atoms with Crippen molar-refractivity contribution in [2.45, 2.75) is 65.6 Å². The molecular weight excluding hydrogens is 390 g/mol. The van der Waals surface area contributed by atoms with Gasteiger partial charge in [-0.25, -0.2) is 10.3 Å². The molecule has 0 radical (unpaired) electrons. The molecule has 7 nitrogen and oxygen atoms in total. The normalized spacial score (nSPS) is 15.0. The zero-order valence-electron chi connectivity index (χ0n) is 19.4. The Balaban J connectivity index is 1.81. The van der Waals surface area contributed by atoms with E-state index in [2.05, 4.69) is 50.2 Å². The van der Waals surface area contributed by atoms with Gasteiger partial charge in [-0.05, 0) is 55.4 Å². The SMILES string of the molecule is CONC(=O)N1CCC(N(Cc2ncc(C)cc2C)Cc2ncccc2C(C)C)CC1. The van der Waals surface area contributed by atoms with E-state index in [4.69, 9.17) is 14.8 Å². The van der Waals surface area contributed by atoms with Crippen LogP contribution in [-0.4, -0.2) is 52.0 Å². The quantitative estimate of drug-likeness (QED) is 0.680. The molecule has 168 valence electrons. The first kappa shape index (κ1) is 23.2. The van der Waals surface area contributed by atoms with E-state index in [9.17, 15) is 4.79 Å². The van der Waals surface area contributed by atoms with Gasteiger partial charge in [0, 0.05) is 44.6 Å². The number of hydrogen-bond donors (Lipinski definition) is 1. The van der Waals surface area contributed by atoms with Gasteiger partial charge in [-0.2, -0.15) is 0 Å². The van der Waals surface area contributed by atoms with Crippen molar-refractivity contribution in [3.05, 3.63) is 58.7 Å². The Kier molecular flexibility index (Phi) is 7.98. The minimum atomic E-state index is -0.171. The van der Waals surface area contributed by atoms with Crippen LogP contribution in [0.15, 0.2) is 30.6 Å². The van der Waals surface area contributed by atoms with E-state index in [0.29, 0.717) is 25.0 Å². The average Bonchev–Trinajstić information content (AvgIpc) is 2.75. The first-order valence-electron chi connectivity index (χ1n) is 11.1. The van der Waals surface area contributed by atoms with Gasteiger partial charge in [0.15, 0.2) is 0 Å². The van der Waals surface area contributed by atoms with Crippen LogP contribution >= 0.6 is 0 Å². The molecule has 0 saturated carbocycles. The van der Waals surface area contributed by atoms with Gasteiger partial charge in [-0.15, -0.1) is 0 Å². The third-order valence-electron chi connectivity index (χ3n) is 6.03. The van der Waals surface area contributed by atoms with Crippen LogP contribution in [0.25, 0.3) is 0 Å². The van der Waals surface area contributed by atoms with Crippen LogP contribution in [0.3, 0.4) is 0 Å². The summed E-state index contributed by atoms with van der Waals surface area (Å²) in [7, 11) is 1.46. The number of nitrogens with zero attached hydrogens (tertiary/aromatic N) is 4. The fraction of sp³-hybridized carbons (Fsp3) is 0.542. The summed E-state index contributed by atoms with van der Waals surface area (Å²) < 4.78 is 0. The maximum Gasteiger partial charge on any atom is 0.341 e. The predicted molar refractivity (Wildman–Crippen MR) is 121 cm³/mol. The Bertz CT molecular complexity index is 878. The van der Waals surface area contributed by atoms with Crippen LogP contribution in [0.2, 0.25) is 0 Å². The molecule has 2 amide bonds. The summed E-state index contributed by atoms with van der Waals surface area (Å²) in [5.41, 5.74) is 8.34. The van der Waals surface area contributed by atoms with Crippen LogP contribution in [0.1, 0.15) is 60.7 Å². The minimum absolute atomic E-state index is 0.171. The molecule has 0 unspecified atom stereocenters. The van der Waals surface area contributed by atoms with Crippen LogP contribution in [0.5, 0.6) is 0 Å². The second kappa shape index (κ2) is 10.7. The first-order valence-corrected chi connectivity index (χ1v) is 11.1. The van der Waals surface area contributed by atoms with Gasteiger partial charge in [-0.3, -0.25) is 19.7 Å². The van der Waals surface area contributed by atoms with Gasteiger partial charge in [-0.1, -0.05) is 26.0 Å². The summed E-state index contributed by atoms with van der Waals surface area (Å²) in [6.45, 7) is 11.6. The molecule has 3 rings (SSSR count). The van der Waals surface area contributed by atoms with E-state index in [1.54, 1.807) is 0 Å². The van der Waals surface area contributed by atoms with Crippen molar-refractivity contribution >= 4 is 6.03 Å². The fourth-order valence-corrected chi connectivity index (χ4v) is 4.30. The monoisotopic (exact) mass is 425 g/mol. The van der Waals surface area contributed by atoms with Gasteiger partial charge in [0.05, 0.1) is 18.5 Å². The zero-order chi connectivity index (χ0) is 22.4. The van der Waals surface area contributed by atoms with Crippen LogP contribution < -0.4 is 5.48 Å². The van der Waals surface area contributed by atoms with Gasteiger partial charge < -0.3 is 4.90 Å². The Labute approximate surface area is 185 Å². The second-order valence-electron chi connectivity index (χ2n) is 8.70. The molecule has 1 aliphatic heterocycles. The maximum absolute atomic E-state index is 12.1. The van der Waals surface area contributed by atoms with Gasteiger partial charge in [0.2, 0.25) is 0 Å². The summed E-state index contributed by atoms with van der Waals surface area (Å²) in [6.07, 6.45) is 5.64. The summed E-state index contributed by atoms with van der Waals surface area (Å²) in [6, 6.07) is 6.57. The number of nitrogens with one attached hydrogen (secondary N) is 1. The topological polar surface area (TPSA) is 70.6 Å². The molecule has 1 saturated heterocycles. The lowest BCUT2D eigenvalue weighted by atomic mass is 9.98. The van der Waals surface area contributed by atoms with E-state index in [1.807, 2.05) is 23.4 Å². The number of aryl methyl sites for hydroxylation is 2. The molecule has 2 aromatic rings. The molecule has 1 N–H and O–H groups in total. The molecule has 1 fully saturated rings. The lowest BCUT2D eigenvalue weighted by molar-refractivity contribution is 0.0659. The number of pyridine rings is 2. The van der Waals surface area contributed by atoms with Crippen molar-refractivity contribution in [2.24, 2.45) is 0 Å². The summed E-state index contributed by atoms with van der Waals surface area (Å²) in [5, 5.41) is 0. The molecule has 31 heavy (non-hydrogen) atoms. The molecule has 7 heteroatoms. The standard InChI is InChI=1S/C24H35N5O2/c1-17(2)21-7-6-10-25-23(21)16-29(15-22-19(4)13-18(3)14-26-22)20-8-11-28(12-9-20)24(30)27-31-5/h6-7,10,13-14,17,20H,8-9,11-12,15-16H2,1-5H3,(H,27,30). The minimum Gasteiger partial charge on any atom is -0.323 e. The van der Waals surface area contributed by atoms with Crippen molar-refractivity contribution in [1.29, 1.82) is 0 Å². The first-order chi connectivity index (χ1) is 14.9. The molecular formula is C24H35N5O2. The highest BCUT2D eigenvalue weighted by Gasteiger charge is 2.28. The molecule has 2 aromatic heterocycles. The Morgan fingerprint density at radius 2 is 1.94 bits per heavy atom. The van der Waals surface area contributed by atoms with Crippen molar-refractivity contribution in [3.8, 4) is 0 Å². The second-order valence-corrected chi connectivity index (χ2v) is 8.70. The maximum atomic E-state index is 12.1. The predicted octanol–water partition coefficient (Wildman–Crippen LogP) is 3.95. The lowest BCUT2D eigenvalue weighted by Gasteiger charge is -2.38. The number of carbonyl (C=O) groups is 1. The zero-order valence-corrected chi connectivity index (χ0v) is 19.4. The molecule has 1 aliphatic rings. The van der Waals surface area contributed by atoms with Crippen molar-refractivity contribution in [2.75, 3.05) is 20.2 Å². The van der Waals surface area contributed by atoms with Gasteiger partial charge in [0.25, 0.3) is 0 Å². The summed E-state index contributed by atoms with van der Waals surface area (Å²) in [4.78, 5) is 30.6. The molecule has 3 heterocycles. The Hall–Kier alpha value is -2.51.